The van der Waals surface area contributed by atoms with Crippen LogP contribution in [-0.4, -0.2) is 10.6 Å². The number of hydrogen-bond donors (Lipinski definition) is 1. The van der Waals surface area contributed by atoms with Crippen LogP contribution in [0.15, 0.2) is 6.07 Å². The summed E-state index contributed by atoms with van der Waals surface area (Å²) in [6.45, 7) is 4.52. The number of pyridine rings is 1. The maximum absolute atomic E-state index is 8.85. The first-order valence-corrected chi connectivity index (χ1v) is 4.84. The van der Waals surface area contributed by atoms with Crippen molar-refractivity contribution in [2.24, 2.45) is 0 Å². The van der Waals surface area contributed by atoms with Crippen molar-refractivity contribution in [1.29, 1.82) is 5.26 Å². The van der Waals surface area contributed by atoms with Crippen molar-refractivity contribution in [2.75, 3.05) is 5.73 Å². The maximum Gasteiger partial charge on any atom is 0.141 e. The molecule has 1 aromatic rings. The van der Waals surface area contributed by atoms with Gasteiger partial charge in [-0.3, -0.25) is 0 Å². The van der Waals surface area contributed by atoms with Crippen molar-refractivity contribution in [1.82, 2.24) is 4.98 Å². The number of fused-ring (bicyclic) bond motifs is 1. The van der Waals surface area contributed by atoms with E-state index in [2.05, 4.69) is 4.98 Å². The second kappa shape index (κ2) is 3.21. The van der Waals surface area contributed by atoms with Gasteiger partial charge in [-0.25, -0.2) is 4.98 Å². The van der Waals surface area contributed by atoms with Crippen LogP contribution in [0.5, 0.6) is 0 Å². The van der Waals surface area contributed by atoms with E-state index in [1.165, 1.54) is 0 Å². The fourth-order valence-corrected chi connectivity index (χ4v) is 1.75. The zero-order valence-electron chi connectivity index (χ0n) is 8.87. The van der Waals surface area contributed by atoms with E-state index in [0.717, 1.165) is 17.7 Å². The highest BCUT2D eigenvalue weighted by molar-refractivity contribution is 5.51. The van der Waals surface area contributed by atoms with E-state index in [9.17, 15) is 0 Å². The van der Waals surface area contributed by atoms with Gasteiger partial charge in [0.1, 0.15) is 11.9 Å². The molecule has 78 valence electrons. The summed E-state index contributed by atoms with van der Waals surface area (Å²) < 4.78 is 5.62. The predicted molar refractivity (Wildman–Crippen MR) is 55.9 cm³/mol. The van der Waals surface area contributed by atoms with Crippen LogP contribution >= 0.6 is 0 Å². The van der Waals surface area contributed by atoms with E-state index in [4.69, 9.17) is 15.7 Å². The first-order valence-electron chi connectivity index (χ1n) is 4.84. The summed E-state index contributed by atoms with van der Waals surface area (Å²) in [7, 11) is 0. The SMILES string of the molecule is CC1(C)Cc2cc(C#N)c(N)nc2CO1. The number of nitrogens with zero attached hydrogens (tertiary/aromatic N) is 2. The van der Waals surface area contributed by atoms with Crippen molar-refractivity contribution in [3.05, 3.63) is 22.9 Å². The van der Waals surface area contributed by atoms with Crippen molar-refractivity contribution in [3.8, 4) is 6.07 Å². The van der Waals surface area contributed by atoms with Crippen LogP contribution < -0.4 is 5.73 Å². The van der Waals surface area contributed by atoms with Gasteiger partial charge in [-0.1, -0.05) is 0 Å². The molecule has 1 aliphatic rings. The van der Waals surface area contributed by atoms with E-state index in [0.29, 0.717) is 18.0 Å². The lowest BCUT2D eigenvalue weighted by molar-refractivity contribution is -0.0419. The Hall–Kier alpha value is -1.60. The molecule has 0 aliphatic carbocycles. The summed E-state index contributed by atoms with van der Waals surface area (Å²) in [6, 6.07) is 3.87. The summed E-state index contributed by atoms with van der Waals surface area (Å²) in [5.74, 6) is 0.291. The second-order valence-corrected chi connectivity index (χ2v) is 4.36. The highest BCUT2D eigenvalue weighted by Gasteiger charge is 2.27. The lowest BCUT2D eigenvalue weighted by Crippen LogP contribution is -2.32. The van der Waals surface area contributed by atoms with Crippen LogP contribution in [0.1, 0.15) is 30.7 Å². The van der Waals surface area contributed by atoms with Gasteiger partial charge in [-0.05, 0) is 25.5 Å². The zero-order chi connectivity index (χ0) is 11.1. The summed E-state index contributed by atoms with van der Waals surface area (Å²) in [6.07, 6.45) is 0.768. The quantitative estimate of drug-likeness (QED) is 0.691. The van der Waals surface area contributed by atoms with Gasteiger partial charge >= 0.3 is 0 Å². The minimum absolute atomic E-state index is 0.183. The van der Waals surface area contributed by atoms with Crippen molar-refractivity contribution < 1.29 is 4.74 Å². The molecule has 0 fully saturated rings. The number of ether oxygens (including phenoxy) is 1. The fourth-order valence-electron chi connectivity index (χ4n) is 1.75. The Morgan fingerprint density at radius 1 is 1.60 bits per heavy atom. The van der Waals surface area contributed by atoms with E-state index in [1.54, 1.807) is 0 Å². The van der Waals surface area contributed by atoms with Gasteiger partial charge in [0, 0.05) is 6.42 Å². The molecule has 1 aromatic heterocycles. The molecule has 4 nitrogen and oxygen atoms in total. The summed E-state index contributed by atoms with van der Waals surface area (Å²) >= 11 is 0. The van der Waals surface area contributed by atoms with Crippen molar-refractivity contribution in [3.63, 3.8) is 0 Å². The molecule has 0 atom stereocenters. The number of nitriles is 1. The molecule has 0 spiro atoms. The van der Waals surface area contributed by atoms with Crippen LogP contribution in [0, 0.1) is 11.3 Å². The minimum Gasteiger partial charge on any atom is -0.383 e. The number of aromatic nitrogens is 1. The molecule has 2 N–H and O–H groups in total. The van der Waals surface area contributed by atoms with E-state index in [1.807, 2.05) is 26.0 Å². The van der Waals surface area contributed by atoms with Gasteiger partial charge in [0.2, 0.25) is 0 Å². The van der Waals surface area contributed by atoms with Crippen LogP contribution in [0.3, 0.4) is 0 Å². The Morgan fingerprint density at radius 3 is 3.00 bits per heavy atom. The van der Waals surface area contributed by atoms with Crippen LogP contribution in [-0.2, 0) is 17.8 Å². The molecule has 2 rings (SSSR count). The molecule has 0 amide bonds. The van der Waals surface area contributed by atoms with Gasteiger partial charge in [0.25, 0.3) is 0 Å². The highest BCUT2D eigenvalue weighted by atomic mass is 16.5. The molecule has 2 heterocycles. The fraction of sp³-hybridized carbons (Fsp3) is 0.455. The average molecular weight is 203 g/mol. The molecule has 1 aliphatic heterocycles. The third-order valence-electron chi connectivity index (χ3n) is 2.56. The number of anilines is 1. The molecule has 0 bridgehead atoms. The first kappa shape index (κ1) is 9.94. The third kappa shape index (κ3) is 1.79. The topological polar surface area (TPSA) is 71.9 Å². The molecule has 0 aromatic carbocycles. The normalized spacial score (nSPS) is 17.9. The van der Waals surface area contributed by atoms with E-state index < -0.39 is 0 Å². The Labute approximate surface area is 88.7 Å². The molecular formula is C11H13N3O. The molecule has 15 heavy (non-hydrogen) atoms. The lowest BCUT2D eigenvalue weighted by atomic mass is 9.93. The molecular weight excluding hydrogens is 190 g/mol. The lowest BCUT2D eigenvalue weighted by Gasteiger charge is -2.31. The van der Waals surface area contributed by atoms with Crippen LogP contribution in [0.25, 0.3) is 0 Å². The molecule has 4 heteroatoms. The Kier molecular flexibility index (Phi) is 2.13. The van der Waals surface area contributed by atoms with Gasteiger partial charge in [0.05, 0.1) is 23.5 Å². The number of hydrogen-bond acceptors (Lipinski definition) is 4. The van der Waals surface area contributed by atoms with Gasteiger partial charge < -0.3 is 10.5 Å². The Balaban J connectivity index is 2.47. The maximum atomic E-state index is 8.85. The zero-order valence-corrected chi connectivity index (χ0v) is 8.87. The standard InChI is InChI=1S/C11H13N3O/c1-11(2)4-7-3-8(5-12)10(13)14-9(7)6-15-11/h3H,4,6H2,1-2H3,(H2,13,14). The smallest absolute Gasteiger partial charge is 0.141 e. The van der Waals surface area contributed by atoms with Crippen LogP contribution in [0.2, 0.25) is 0 Å². The first-order chi connectivity index (χ1) is 7.02. The predicted octanol–water partition coefficient (Wildman–Crippen LogP) is 1.39. The molecule has 0 saturated heterocycles. The van der Waals surface area contributed by atoms with Gasteiger partial charge in [-0.15, -0.1) is 0 Å². The third-order valence-corrected chi connectivity index (χ3v) is 2.56. The highest BCUT2D eigenvalue weighted by Crippen LogP contribution is 2.28. The number of nitrogens with two attached hydrogens (primary N) is 1. The number of nitrogen functional groups attached to an aromatic ring is 1. The summed E-state index contributed by atoms with van der Waals surface area (Å²) in [5, 5.41) is 8.85. The summed E-state index contributed by atoms with van der Waals surface area (Å²) in [5.41, 5.74) is 7.82. The van der Waals surface area contributed by atoms with Crippen LogP contribution in [0.4, 0.5) is 5.82 Å². The average Bonchev–Trinajstić information content (AvgIpc) is 2.17. The van der Waals surface area contributed by atoms with E-state index in [-0.39, 0.29) is 5.60 Å². The molecule has 0 saturated carbocycles. The minimum atomic E-state index is -0.183. The van der Waals surface area contributed by atoms with E-state index >= 15 is 0 Å². The molecule has 0 radical (unpaired) electrons. The summed E-state index contributed by atoms with van der Waals surface area (Å²) in [4.78, 5) is 4.18. The van der Waals surface area contributed by atoms with Crippen molar-refractivity contribution in [2.45, 2.75) is 32.5 Å². The van der Waals surface area contributed by atoms with Crippen molar-refractivity contribution >= 4 is 5.82 Å². The Bertz CT molecular complexity index is 446. The largest absolute Gasteiger partial charge is 0.383 e. The Morgan fingerprint density at radius 2 is 2.33 bits per heavy atom. The van der Waals surface area contributed by atoms with Gasteiger partial charge in [-0.2, -0.15) is 5.26 Å². The van der Waals surface area contributed by atoms with Gasteiger partial charge in [0.15, 0.2) is 0 Å². The number of rotatable bonds is 0. The second-order valence-electron chi connectivity index (χ2n) is 4.36. The monoisotopic (exact) mass is 203 g/mol. The molecule has 0 unspecified atom stereocenters.